The van der Waals surface area contributed by atoms with Crippen LogP contribution in [0.1, 0.15) is 55.9 Å². The van der Waals surface area contributed by atoms with Gasteiger partial charge >= 0.3 is 0 Å². The molecule has 26 heavy (non-hydrogen) atoms. The number of nitrogens with zero attached hydrogens (tertiary/aromatic N) is 3. The van der Waals surface area contributed by atoms with E-state index in [9.17, 15) is 9.59 Å². The molecule has 142 valence electrons. The lowest BCUT2D eigenvalue weighted by Crippen LogP contribution is -2.38. The average Bonchev–Trinajstić information content (AvgIpc) is 3.18. The normalized spacial score (nSPS) is 12.3. The quantitative estimate of drug-likeness (QED) is 0.704. The van der Waals surface area contributed by atoms with Crippen molar-refractivity contribution < 1.29 is 9.21 Å². The number of amides is 1. The lowest BCUT2D eigenvalue weighted by atomic mass is 10.2. The zero-order valence-electron chi connectivity index (χ0n) is 15.8. The summed E-state index contributed by atoms with van der Waals surface area (Å²) in [6.45, 7) is 8.81. The molecule has 0 fully saturated rings. The molecule has 2 aromatic heterocycles. The Bertz CT molecular complexity index is 735. The number of carbonyl (C=O) groups excluding carboxylic acids is 1. The van der Waals surface area contributed by atoms with Crippen molar-refractivity contribution in [1.82, 2.24) is 20.0 Å². The van der Waals surface area contributed by atoms with Crippen molar-refractivity contribution >= 4 is 5.91 Å². The van der Waals surface area contributed by atoms with Gasteiger partial charge in [-0.2, -0.15) is 5.10 Å². The minimum absolute atomic E-state index is 0.0463. The van der Waals surface area contributed by atoms with Crippen LogP contribution in [-0.2, 0) is 6.54 Å². The Labute approximate surface area is 154 Å². The number of aromatic nitrogens is 2. The number of furan rings is 1. The molecule has 2 rings (SSSR count). The van der Waals surface area contributed by atoms with Crippen LogP contribution in [0, 0.1) is 0 Å². The van der Waals surface area contributed by atoms with Gasteiger partial charge < -0.3 is 9.73 Å². The van der Waals surface area contributed by atoms with E-state index in [2.05, 4.69) is 29.2 Å². The number of aryl methyl sites for hydroxylation is 1. The van der Waals surface area contributed by atoms with Crippen molar-refractivity contribution in [1.29, 1.82) is 0 Å². The second-order valence-electron chi connectivity index (χ2n) is 6.10. The van der Waals surface area contributed by atoms with Gasteiger partial charge in [0.1, 0.15) is 11.5 Å². The van der Waals surface area contributed by atoms with E-state index in [-0.39, 0.29) is 23.2 Å². The predicted molar refractivity (Wildman–Crippen MR) is 100 cm³/mol. The summed E-state index contributed by atoms with van der Waals surface area (Å²) in [4.78, 5) is 26.6. The first kappa shape index (κ1) is 19.9. The van der Waals surface area contributed by atoms with Gasteiger partial charge in [0.2, 0.25) is 0 Å². The Morgan fingerprint density at radius 2 is 2.04 bits per heavy atom. The second kappa shape index (κ2) is 9.91. The van der Waals surface area contributed by atoms with E-state index in [0.717, 1.165) is 31.7 Å². The van der Waals surface area contributed by atoms with E-state index >= 15 is 0 Å². The highest BCUT2D eigenvalue weighted by Gasteiger charge is 2.22. The van der Waals surface area contributed by atoms with E-state index in [1.807, 2.05) is 19.1 Å². The SMILES string of the molecule is CCCCn1nc(C(=O)NCC(c2ccco2)N(CC)CC)ccc1=O. The van der Waals surface area contributed by atoms with Crippen molar-refractivity contribution in [2.75, 3.05) is 19.6 Å². The van der Waals surface area contributed by atoms with E-state index in [4.69, 9.17) is 4.42 Å². The van der Waals surface area contributed by atoms with Crippen molar-refractivity contribution in [2.24, 2.45) is 0 Å². The molecular formula is C19H28N4O3. The van der Waals surface area contributed by atoms with Crippen LogP contribution in [0.3, 0.4) is 0 Å². The third kappa shape index (κ3) is 5.05. The Balaban J connectivity index is 2.09. The lowest BCUT2D eigenvalue weighted by Gasteiger charge is -2.28. The molecule has 0 saturated heterocycles. The maximum atomic E-state index is 12.5. The molecule has 1 N–H and O–H groups in total. The van der Waals surface area contributed by atoms with Gasteiger partial charge in [0.25, 0.3) is 11.5 Å². The number of rotatable bonds is 10. The number of hydrogen-bond acceptors (Lipinski definition) is 5. The van der Waals surface area contributed by atoms with Crippen LogP contribution in [0.2, 0.25) is 0 Å². The molecule has 1 atom stereocenters. The first-order chi connectivity index (χ1) is 12.6. The standard InChI is InChI=1S/C19H28N4O3/c1-4-7-12-23-18(24)11-10-15(21-23)19(25)20-14-16(22(5-2)6-3)17-9-8-13-26-17/h8-11,13,16H,4-7,12,14H2,1-3H3,(H,20,25). The number of likely N-dealkylation sites (N-methyl/N-ethyl adjacent to an activating group) is 1. The zero-order chi connectivity index (χ0) is 18.9. The van der Waals surface area contributed by atoms with Gasteiger partial charge in [0.15, 0.2) is 0 Å². The molecule has 2 heterocycles. The minimum Gasteiger partial charge on any atom is -0.468 e. The highest BCUT2D eigenvalue weighted by atomic mass is 16.3. The van der Waals surface area contributed by atoms with Crippen LogP contribution >= 0.6 is 0 Å². The van der Waals surface area contributed by atoms with Crippen molar-refractivity contribution in [3.63, 3.8) is 0 Å². The zero-order valence-corrected chi connectivity index (χ0v) is 15.8. The summed E-state index contributed by atoms with van der Waals surface area (Å²) < 4.78 is 6.90. The summed E-state index contributed by atoms with van der Waals surface area (Å²) in [5, 5.41) is 7.11. The second-order valence-corrected chi connectivity index (χ2v) is 6.10. The highest BCUT2D eigenvalue weighted by Crippen LogP contribution is 2.20. The van der Waals surface area contributed by atoms with Crippen LogP contribution in [0.4, 0.5) is 0 Å². The minimum atomic E-state index is -0.293. The van der Waals surface area contributed by atoms with E-state index in [1.165, 1.54) is 16.8 Å². The van der Waals surface area contributed by atoms with Crippen LogP contribution < -0.4 is 10.9 Å². The fraction of sp³-hybridized carbons (Fsp3) is 0.526. The third-order valence-electron chi connectivity index (χ3n) is 4.40. The monoisotopic (exact) mass is 360 g/mol. The smallest absolute Gasteiger partial charge is 0.271 e. The van der Waals surface area contributed by atoms with Crippen LogP contribution in [0.25, 0.3) is 0 Å². The van der Waals surface area contributed by atoms with Crippen LogP contribution in [0.5, 0.6) is 0 Å². The van der Waals surface area contributed by atoms with E-state index in [1.54, 1.807) is 6.26 Å². The molecule has 2 aromatic rings. The summed E-state index contributed by atoms with van der Waals surface area (Å²) in [5.41, 5.74) is 0.0602. The van der Waals surface area contributed by atoms with E-state index in [0.29, 0.717) is 13.1 Å². The first-order valence-electron chi connectivity index (χ1n) is 9.24. The van der Waals surface area contributed by atoms with Gasteiger partial charge in [-0.3, -0.25) is 14.5 Å². The van der Waals surface area contributed by atoms with Crippen LogP contribution in [0.15, 0.2) is 39.7 Å². The summed E-state index contributed by atoms with van der Waals surface area (Å²) in [5.74, 6) is 0.522. The maximum Gasteiger partial charge on any atom is 0.271 e. The molecule has 0 saturated carbocycles. The van der Waals surface area contributed by atoms with Gasteiger partial charge in [-0.05, 0) is 37.7 Å². The van der Waals surface area contributed by atoms with Crippen LogP contribution in [-0.4, -0.2) is 40.2 Å². The fourth-order valence-corrected chi connectivity index (χ4v) is 2.87. The molecule has 0 aromatic carbocycles. The summed E-state index contributed by atoms with van der Waals surface area (Å²) in [6.07, 6.45) is 3.44. The molecule has 0 bridgehead atoms. The maximum absolute atomic E-state index is 12.5. The Morgan fingerprint density at radius 1 is 1.27 bits per heavy atom. The molecule has 1 amide bonds. The Hall–Kier alpha value is -2.41. The first-order valence-corrected chi connectivity index (χ1v) is 9.24. The highest BCUT2D eigenvalue weighted by molar-refractivity contribution is 5.92. The molecule has 1 unspecified atom stereocenters. The lowest BCUT2D eigenvalue weighted by molar-refractivity contribution is 0.0922. The number of unbranched alkanes of at least 4 members (excludes halogenated alkanes) is 1. The predicted octanol–water partition coefficient (Wildman–Crippen LogP) is 2.45. The summed E-state index contributed by atoms with van der Waals surface area (Å²) in [6, 6.07) is 6.58. The molecular weight excluding hydrogens is 332 g/mol. The van der Waals surface area contributed by atoms with Gasteiger partial charge in [-0.1, -0.05) is 27.2 Å². The molecule has 0 spiro atoms. The Morgan fingerprint density at radius 3 is 2.65 bits per heavy atom. The number of nitrogens with one attached hydrogen (secondary N) is 1. The van der Waals surface area contributed by atoms with E-state index < -0.39 is 0 Å². The molecule has 7 nitrogen and oxygen atoms in total. The summed E-state index contributed by atoms with van der Waals surface area (Å²) >= 11 is 0. The summed E-state index contributed by atoms with van der Waals surface area (Å²) in [7, 11) is 0. The fourth-order valence-electron chi connectivity index (χ4n) is 2.87. The number of carbonyl (C=O) groups is 1. The van der Waals surface area contributed by atoms with Crippen molar-refractivity contribution in [3.05, 3.63) is 52.3 Å². The van der Waals surface area contributed by atoms with Crippen molar-refractivity contribution in [3.8, 4) is 0 Å². The molecule has 0 radical (unpaired) electrons. The van der Waals surface area contributed by atoms with Gasteiger partial charge in [0, 0.05) is 19.2 Å². The van der Waals surface area contributed by atoms with Gasteiger partial charge in [-0.15, -0.1) is 0 Å². The van der Waals surface area contributed by atoms with Crippen molar-refractivity contribution in [2.45, 2.75) is 46.2 Å². The molecule has 7 heteroatoms. The van der Waals surface area contributed by atoms with Gasteiger partial charge in [-0.25, -0.2) is 4.68 Å². The molecule has 0 aliphatic heterocycles. The Kier molecular flexibility index (Phi) is 7.59. The third-order valence-corrected chi connectivity index (χ3v) is 4.40. The number of hydrogen-bond donors (Lipinski definition) is 1. The molecule has 0 aliphatic carbocycles. The topological polar surface area (TPSA) is 80.4 Å². The average molecular weight is 360 g/mol. The van der Waals surface area contributed by atoms with Gasteiger partial charge in [0.05, 0.1) is 12.3 Å². The largest absolute Gasteiger partial charge is 0.468 e. The molecule has 0 aliphatic rings.